The lowest BCUT2D eigenvalue weighted by atomic mass is 10.0. The van der Waals surface area contributed by atoms with Crippen LogP contribution in [0.15, 0.2) is 12.2 Å². The highest BCUT2D eigenvalue weighted by atomic mass is 32.2. The Morgan fingerprint density at radius 2 is 2.25 bits per heavy atom. The van der Waals surface area contributed by atoms with Gasteiger partial charge in [0.25, 0.3) is 5.91 Å². The molecule has 0 spiro atoms. The monoisotopic (exact) mass is 243 g/mol. The molecule has 0 aromatic heterocycles. The number of fused-ring (bicyclic) bond motifs is 1. The summed E-state index contributed by atoms with van der Waals surface area (Å²) in [5.41, 5.74) is 0.705. The van der Waals surface area contributed by atoms with Crippen LogP contribution in [0.25, 0.3) is 0 Å². The summed E-state index contributed by atoms with van der Waals surface area (Å²) in [6.07, 6.45) is -0.440. The number of β-lactam (4-membered cyclic amide) rings is 1. The Morgan fingerprint density at radius 3 is 2.81 bits per heavy atom. The smallest absolute Gasteiger partial charge is 0.332 e. The number of amides is 1. The van der Waals surface area contributed by atoms with Gasteiger partial charge in [-0.25, -0.2) is 4.79 Å². The SMILES string of the molecule is C=C1CSC2C(OC)C(=O)N2C1C(=O)OC. The van der Waals surface area contributed by atoms with Crippen LogP contribution in [0, 0.1) is 0 Å². The van der Waals surface area contributed by atoms with Crippen molar-refractivity contribution in [3.63, 3.8) is 0 Å². The van der Waals surface area contributed by atoms with Gasteiger partial charge in [-0.2, -0.15) is 0 Å². The van der Waals surface area contributed by atoms with E-state index in [1.807, 2.05) is 0 Å². The zero-order chi connectivity index (χ0) is 11.9. The minimum Gasteiger partial charge on any atom is -0.467 e. The quantitative estimate of drug-likeness (QED) is 0.388. The minimum absolute atomic E-state index is 0.0906. The summed E-state index contributed by atoms with van der Waals surface area (Å²) >= 11 is 1.56. The van der Waals surface area contributed by atoms with Crippen molar-refractivity contribution < 1.29 is 19.1 Å². The van der Waals surface area contributed by atoms with Crippen molar-refractivity contribution in [1.29, 1.82) is 0 Å². The first-order valence-electron chi connectivity index (χ1n) is 4.84. The molecule has 1 amide bonds. The molecule has 0 aromatic carbocycles. The summed E-state index contributed by atoms with van der Waals surface area (Å²) in [5.74, 6) is 0.0445. The minimum atomic E-state index is -0.643. The van der Waals surface area contributed by atoms with E-state index in [2.05, 4.69) is 11.3 Å². The van der Waals surface area contributed by atoms with Crippen molar-refractivity contribution in [2.45, 2.75) is 17.5 Å². The Kier molecular flexibility index (Phi) is 2.94. The maximum absolute atomic E-state index is 11.7. The number of nitrogens with zero attached hydrogens (tertiary/aromatic N) is 1. The lowest BCUT2D eigenvalue weighted by molar-refractivity contribution is -0.173. The molecule has 16 heavy (non-hydrogen) atoms. The molecule has 2 rings (SSSR count). The predicted molar refractivity (Wildman–Crippen MR) is 58.8 cm³/mol. The summed E-state index contributed by atoms with van der Waals surface area (Å²) in [6.45, 7) is 3.81. The number of methoxy groups -OCH3 is 2. The molecule has 0 aliphatic carbocycles. The second-order valence-corrected chi connectivity index (χ2v) is 4.79. The lowest BCUT2D eigenvalue weighted by Crippen LogP contribution is -2.70. The summed E-state index contributed by atoms with van der Waals surface area (Å²) in [6, 6.07) is -0.643. The fourth-order valence-electron chi connectivity index (χ4n) is 1.98. The van der Waals surface area contributed by atoms with Crippen LogP contribution in [-0.4, -0.2) is 54.3 Å². The van der Waals surface area contributed by atoms with E-state index in [0.29, 0.717) is 11.3 Å². The third-order valence-electron chi connectivity index (χ3n) is 2.81. The molecule has 2 aliphatic rings. The van der Waals surface area contributed by atoms with E-state index in [-0.39, 0.29) is 11.3 Å². The molecule has 5 nitrogen and oxygen atoms in total. The van der Waals surface area contributed by atoms with Gasteiger partial charge in [0.1, 0.15) is 5.37 Å². The summed E-state index contributed by atoms with van der Waals surface area (Å²) in [4.78, 5) is 24.8. The number of carbonyl (C=O) groups excluding carboxylic acids is 2. The maximum atomic E-state index is 11.7. The molecule has 2 saturated heterocycles. The van der Waals surface area contributed by atoms with Crippen LogP contribution >= 0.6 is 11.8 Å². The van der Waals surface area contributed by atoms with Crippen molar-refractivity contribution in [1.82, 2.24) is 4.90 Å². The Hall–Kier alpha value is -1.01. The first-order chi connectivity index (χ1) is 7.61. The molecule has 2 aliphatic heterocycles. The molecule has 0 saturated carbocycles. The molecule has 3 unspecified atom stereocenters. The highest BCUT2D eigenvalue weighted by Gasteiger charge is 2.56. The lowest BCUT2D eigenvalue weighted by Gasteiger charge is -2.51. The molecular formula is C10H13NO4S. The third-order valence-corrected chi connectivity index (χ3v) is 4.17. The van der Waals surface area contributed by atoms with E-state index in [1.165, 1.54) is 19.1 Å². The zero-order valence-corrected chi connectivity index (χ0v) is 9.95. The van der Waals surface area contributed by atoms with Crippen LogP contribution < -0.4 is 0 Å². The van der Waals surface area contributed by atoms with Gasteiger partial charge >= 0.3 is 5.97 Å². The molecule has 2 fully saturated rings. The largest absolute Gasteiger partial charge is 0.467 e. The van der Waals surface area contributed by atoms with E-state index in [0.717, 1.165) is 0 Å². The molecule has 0 radical (unpaired) electrons. The number of thioether (sulfide) groups is 1. The van der Waals surface area contributed by atoms with Crippen LogP contribution in [0.3, 0.4) is 0 Å². The van der Waals surface area contributed by atoms with Gasteiger partial charge in [0.2, 0.25) is 0 Å². The van der Waals surface area contributed by atoms with Crippen molar-refractivity contribution >= 4 is 23.6 Å². The van der Waals surface area contributed by atoms with E-state index in [9.17, 15) is 9.59 Å². The molecule has 88 valence electrons. The topological polar surface area (TPSA) is 55.8 Å². The molecule has 0 N–H and O–H groups in total. The number of carbonyl (C=O) groups is 2. The first-order valence-corrected chi connectivity index (χ1v) is 5.88. The van der Waals surface area contributed by atoms with Gasteiger partial charge in [-0.1, -0.05) is 6.58 Å². The van der Waals surface area contributed by atoms with E-state index in [4.69, 9.17) is 4.74 Å². The summed E-state index contributed by atoms with van der Waals surface area (Å²) in [5, 5.41) is -0.0906. The van der Waals surface area contributed by atoms with E-state index < -0.39 is 18.1 Å². The Labute approximate surface area is 97.8 Å². The van der Waals surface area contributed by atoms with Crippen LogP contribution in [0.4, 0.5) is 0 Å². The van der Waals surface area contributed by atoms with Gasteiger partial charge in [-0.3, -0.25) is 4.79 Å². The average Bonchev–Trinajstić information content (AvgIpc) is 2.29. The van der Waals surface area contributed by atoms with Crippen LogP contribution in [0.1, 0.15) is 0 Å². The fraction of sp³-hybridized carbons (Fsp3) is 0.600. The number of hydrogen-bond donors (Lipinski definition) is 0. The van der Waals surface area contributed by atoms with Crippen molar-refractivity contribution in [2.24, 2.45) is 0 Å². The Morgan fingerprint density at radius 1 is 1.56 bits per heavy atom. The number of rotatable bonds is 2. The van der Waals surface area contributed by atoms with Gasteiger partial charge in [-0.15, -0.1) is 11.8 Å². The fourth-order valence-corrected chi connectivity index (χ4v) is 3.31. The second-order valence-electron chi connectivity index (χ2n) is 3.69. The van der Waals surface area contributed by atoms with Gasteiger partial charge in [0.15, 0.2) is 12.1 Å². The number of esters is 1. The predicted octanol–water partition coefficient (Wildman–Crippen LogP) is 0.0143. The van der Waals surface area contributed by atoms with Gasteiger partial charge in [0.05, 0.1) is 7.11 Å². The van der Waals surface area contributed by atoms with Crippen molar-refractivity contribution in [2.75, 3.05) is 20.0 Å². The van der Waals surface area contributed by atoms with E-state index in [1.54, 1.807) is 11.8 Å². The molecule has 2 heterocycles. The zero-order valence-electron chi connectivity index (χ0n) is 9.13. The molecule has 0 aromatic rings. The first kappa shape index (κ1) is 11.5. The maximum Gasteiger partial charge on any atom is 0.332 e. The van der Waals surface area contributed by atoms with E-state index >= 15 is 0 Å². The summed E-state index contributed by atoms with van der Waals surface area (Å²) < 4.78 is 9.76. The number of ether oxygens (including phenoxy) is 2. The Balaban J connectivity index is 2.21. The highest BCUT2D eigenvalue weighted by Crippen LogP contribution is 2.41. The normalized spacial score (nSPS) is 33.1. The number of hydrogen-bond acceptors (Lipinski definition) is 5. The van der Waals surface area contributed by atoms with Gasteiger partial charge in [0, 0.05) is 12.9 Å². The van der Waals surface area contributed by atoms with Crippen LogP contribution in [0.5, 0.6) is 0 Å². The molecular weight excluding hydrogens is 230 g/mol. The molecule has 6 heteroatoms. The van der Waals surface area contributed by atoms with Crippen molar-refractivity contribution in [3.05, 3.63) is 12.2 Å². The average molecular weight is 243 g/mol. The van der Waals surface area contributed by atoms with Gasteiger partial charge in [-0.05, 0) is 5.57 Å². The van der Waals surface area contributed by atoms with Crippen molar-refractivity contribution in [3.8, 4) is 0 Å². The summed E-state index contributed by atoms with van der Waals surface area (Å²) in [7, 11) is 2.81. The molecule has 0 bridgehead atoms. The van der Waals surface area contributed by atoms with Gasteiger partial charge < -0.3 is 14.4 Å². The third kappa shape index (κ3) is 1.44. The standard InChI is InChI=1S/C10H13NO4S/c1-5-4-16-9-7(14-2)8(12)11(9)6(5)10(13)15-3/h6-7,9H,1,4H2,2-3H3. The Bertz CT molecular complexity index is 349. The van der Waals surface area contributed by atoms with Crippen LogP contribution in [0.2, 0.25) is 0 Å². The van der Waals surface area contributed by atoms with Crippen LogP contribution in [-0.2, 0) is 19.1 Å². The molecule has 3 atom stereocenters. The highest BCUT2D eigenvalue weighted by molar-refractivity contribution is 8.00. The second kappa shape index (κ2) is 4.10.